The summed E-state index contributed by atoms with van der Waals surface area (Å²) in [6.45, 7) is 1.59. The lowest BCUT2D eigenvalue weighted by atomic mass is 10.1. The van der Waals surface area contributed by atoms with E-state index in [1.54, 1.807) is 37.3 Å². The van der Waals surface area contributed by atoms with E-state index in [1.165, 1.54) is 18.2 Å². The number of hydrogen-bond donors (Lipinski definition) is 2. The average Bonchev–Trinajstić information content (AvgIpc) is 2.62. The highest BCUT2D eigenvalue weighted by atomic mass is 35.5. The summed E-state index contributed by atoms with van der Waals surface area (Å²) < 4.78 is 0. The Morgan fingerprint density at radius 3 is 2.52 bits per heavy atom. The molecule has 140 valence electrons. The predicted octanol–water partition coefficient (Wildman–Crippen LogP) is 3.31. The number of amides is 2. The van der Waals surface area contributed by atoms with Crippen molar-refractivity contribution in [3.05, 3.63) is 69.2 Å². The lowest BCUT2D eigenvalue weighted by Gasteiger charge is -2.06. The number of nitrogens with zero attached hydrogens (tertiary/aromatic N) is 2. The van der Waals surface area contributed by atoms with E-state index in [-0.39, 0.29) is 24.4 Å². The molecule has 0 unspecified atom stereocenters. The van der Waals surface area contributed by atoms with Crippen molar-refractivity contribution in [1.29, 1.82) is 0 Å². The summed E-state index contributed by atoms with van der Waals surface area (Å²) in [5.74, 6) is -0.723. The number of anilines is 1. The number of benzene rings is 2. The van der Waals surface area contributed by atoms with Gasteiger partial charge in [0, 0.05) is 28.6 Å². The summed E-state index contributed by atoms with van der Waals surface area (Å²) >= 11 is 5.79. The molecule has 2 N–H and O–H groups in total. The molecule has 0 atom stereocenters. The first kappa shape index (κ1) is 20.1. The average molecular weight is 389 g/mol. The zero-order valence-electron chi connectivity index (χ0n) is 14.4. The third kappa shape index (κ3) is 6.87. The Morgan fingerprint density at radius 1 is 1.15 bits per heavy atom. The molecule has 0 saturated heterocycles. The van der Waals surface area contributed by atoms with Crippen LogP contribution in [0, 0.1) is 10.1 Å². The number of nitro benzene ring substituents is 1. The smallest absolute Gasteiger partial charge is 0.271 e. The number of carbonyl (C=O) groups excluding carboxylic acids is 2. The summed E-state index contributed by atoms with van der Waals surface area (Å²) in [5.41, 5.74) is 3.76. The van der Waals surface area contributed by atoms with Gasteiger partial charge in [0.2, 0.25) is 11.8 Å². The number of rotatable bonds is 7. The summed E-state index contributed by atoms with van der Waals surface area (Å²) in [5, 5.41) is 17.8. The van der Waals surface area contributed by atoms with Crippen molar-refractivity contribution < 1.29 is 14.5 Å². The maximum Gasteiger partial charge on any atom is 0.271 e. The van der Waals surface area contributed by atoms with E-state index in [0.29, 0.717) is 16.4 Å². The van der Waals surface area contributed by atoms with Crippen LogP contribution in [-0.4, -0.2) is 22.4 Å². The van der Waals surface area contributed by atoms with Gasteiger partial charge in [-0.2, -0.15) is 5.10 Å². The van der Waals surface area contributed by atoms with E-state index in [4.69, 9.17) is 11.6 Å². The fraction of sp³-hybridized carbons (Fsp3) is 0.167. The molecule has 0 fully saturated rings. The molecule has 2 amide bonds. The highest BCUT2D eigenvalue weighted by molar-refractivity contribution is 6.30. The minimum absolute atomic E-state index is 0.0656. The van der Waals surface area contributed by atoms with Crippen molar-refractivity contribution in [2.75, 3.05) is 5.32 Å². The normalized spacial score (nSPS) is 11.0. The molecular weight excluding hydrogens is 372 g/mol. The maximum absolute atomic E-state index is 12.0. The van der Waals surface area contributed by atoms with E-state index in [0.717, 1.165) is 5.56 Å². The highest BCUT2D eigenvalue weighted by Crippen LogP contribution is 2.17. The van der Waals surface area contributed by atoms with Gasteiger partial charge in [0.1, 0.15) is 0 Å². The van der Waals surface area contributed by atoms with Gasteiger partial charge in [-0.15, -0.1) is 0 Å². The summed E-state index contributed by atoms with van der Waals surface area (Å²) in [7, 11) is 0. The zero-order valence-corrected chi connectivity index (χ0v) is 15.2. The second-order valence-electron chi connectivity index (χ2n) is 5.72. The molecule has 0 bridgehead atoms. The maximum atomic E-state index is 12.0. The van der Waals surface area contributed by atoms with Crippen molar-refractivity contribution in [2.24, 2.45) is 5.10 Å². The molecule has 0 radical (unpaired) electrons. The zero-order chi connectivity index (χ0) is 19.8. The van der Waals surface area contributed by atoms with Gasteiger partial charge in [-0.25, -0.2) is 5.43 Å². The molecule has 9 heteroatoms. The number of nitro groups is 1. The predicted molar refractivity (Wildman–Crippen MR) is 103 cm³/mol. The molecule has 0 heterocycles. The number of hydrogen-bond acceptors (Lipinski definition) is 5. The van der Waals surface area contributed by atoms with Crippen LogP contribution in [0.2, 0.25) is 5.02 Å². The number of non-ortho nitro benzene ring substituents is 1. The molecule has 0 spiro atoms. The molecular formula is C18H17ClN4O4. The Kier molecular flexibility index (Phi) is 7.01. The Hall–Kier alpha value is -3.26. The molecule has 0 aromatic heterocycles. The molecule has 0 aliphatic heterocycles. The first-order valence-electron chi connectivity index (χ1n) is 7.94. The van der Waals surface area contributed by atoms with Crippen LogP contribution in [0.25, 0.3) is 0 Å². The van der Waals surface area contributed by atoms with E-state index in [9.17, 15) is 19.7 Å². The van der Waals surface area contributed by atoms with Crippen molar-refractivity contribution >= 4 is 40.5 Å². The van der Waals surface area contributed by atoms with Gasteiger partial charge < -0.3 is 5.32 Å². The first-order chi connectivity index (χ1) is 12.8. The van der Waals surface area contributed by atoms with Crippen molar-refractivity contribution in [3.8, 4) is 0 Å². The lowest BCUT2D eigenvalue weighted by molar-refractivity contribution is -0.384. The Bertz CT molecular complexity index is 881. The largest absolute Gasteiger partial charge is 0.326 e. The number of nitrogens with one attached hydrogen (secondary N) is 2. The van der Waals surface area contributed by atoms with Crippen molar-refractivity contribution in [2.45, 2.75) is 19.8 Å². The molecule has 8 nitrogen and oxygen atoms in total. The van der Waals surface area contributed by atoms with Crippen LogP contribution < -0.4 is 10.7 Å². The first-order valence-corrected chi connectivity index (χ1v) is 8.32. The second kappa shape index (κ2) is 9.44. The van der Waals surface area contributed by atoms with Gasteiger partial charge in [-0.3, -0.25) is 19.7 Å². The summed E-state index contributed by atoms with van der Waals surface area (Å²) in [4.78, 5) is 34.0. The lowest BCUT2D eigenvalue weighted by Crippen LogP contribution is -2.22. The minimum atomic E-state index is -0.543. The Balaban J connectivity index is 1.84. The number of hydrazone groups is 1. The molecule has 27 heavy (non-hydrogen) atoms. The van der Waals surface area contributed by atoms with Crippen LogP contribution in [0.5, 0.6) is 0 Å². The van der Waals surface area contributed by atoms with Gasteiger partial charge in [0.25, 0.3) is 5.69 Å². The van der Waals surface area contributed by atoms with Crippen LogP contribution in [0.3, 0.4) is 0 Å². The van der Waals surface area contributed by atoms with Crippen LogP contribution in [-0.2, 0) is 16.0 Å². The second-order valence-corrected chi connectivity index (χ2v) is 6.15. The fourth-order valence-electron chi connectivity index (χ4n) is 2.16. The van der Waals surface area contributed by atoms with Gasteiger partial charge in [0.15, 0.2) is 0 Å². The summed E-state index contributed by atoms with van der Waals surface area (Å²) in [6, 6.07) is 12.5. The van der Waals surface area contributed by atoms with E-state index in [2.05, 4.69) is 15.8 Å². The minimum Gasteiger partial charge on any atom is -0.326 e. The van der Waals surface area contributed by atoms with Crippen LogP contribution in [0.4, 0.5) is 11.4 Å². The standard InChI is InChI=1S/C18H17ClN4O4/c1-12(21-22-18(25)10-13-5-7-14(19)8-6-13)9-17(24)20-15-3-2-4-16(11-15)23(26)27/h2-8,11H,9-10H2,1H3,(H,20,24)(H,22,25)/b21-12+. The third-order valence-corrected chi connectivity index (χ3v) is 3.66. The van der Waals surface area contributed by atoms with Crippen molar-refractivity contribution in [3.63, 3.8) is 0 Å². The number of carbonyl (C=O) groups is 2. The SMILES string of the molecule is C/C(CC(=O)Nc1cccc([N+](=O)[O-])c1)=N\NC(=O)Cc1ccc(Cl)cc1. The van der Waals surface area contributed by atoms with Gasteiger partial charge in [-0.1, -0.05) is 29.8 Å². The van der Waals surface area contributed by atoms with Gasteiger partial charge in [-0.05, 0) is 30.7 Å². The van der Waals surface area contributed by atoms with E-state index >= 15 is 0 Å². The van der Waals surface area contributed by atoms with Gasteiger partial charge >= 0.3 is 0 Å². The van der Waals surface area contributed by atoms with Gasteiger partial charge in [0.05, 0.1) is 17.8 Å². The number of halogens is 1. The van der Waals surface area contributed by atoms with E-state index in [1.807, 2.05) is 0 Å². The highest BCUT2D eigenvalue weighted by Gasteiger charge is 2.09. The molecule has 2 rings (SSSR count). The van der Waals surface area contributed by atoms with E-state index < -0.39 is 10.8 Å². The molecule has 0 aliphatic carbocycles. The molecule has 2 aromatic carbocycles. The van der Waals surface area contributed by atoms with Crippen LogP contribution in [0.15, 0.2) is 53.6 Å². The Labute approximate surface area is 160 Å². The quantitative estimate of drug-likeness (QED) is 0.430. The fourth-order valence-corrected chi connectivity index (χ4v) is 2.29. The molecule has 0 saturated carbocycles. The topological polar surface area (TPSA) is 114 Å². The van der Waals surface area contributed by atoms with Crippen LogP contribution in [0.1, 0.15) is 18.9 Å². The Morgan fingerprint density at radius 2 is 1.85 bits per heavy atom. The summed E-state index contributed by atoms with van der Waals surface area (Å²) in [6.07, 6.45) is 0.0672. The third-order valence-electron chi connectivity index (χ3n) is 3.41. The van der Waals surface area contributed by atoms with Crippen molar-refractivity contribution in [1.82, 2.24) is 5.43 Å². The molecule has 0 aliphatic rings. The molecule has 2 aromatic rings. The monoisotopic (exact) mass is 388 g/mol. The van der Waals surface area contributed by atoms with Crippen LogP contribution >= 0.6 is 11.6 Å².